The Balaban J connectivity index is 4.62. The van der Waals surface area contributed by atoms with E-state index in [9.17, 15) is 14.7 Å². The molecule has 0 rings (SSSR count). The molecule has 8 heteroatoms. The van der Waals surface area contributed by atoms with E-state index >= 15 is 0 Å². The van der Waals surface area contributed by atoms with Gasteiger partial charge in [0, 0.05) is 13.7 Å². The van der Waals surface area contributed by atoms with E-state index in [0.29, 0.717) is 0 Å². The molecule has 0 aliphatic carbocycles. The summed E-state index contributed by atoms with van der Waals surface area (Å²) in [4.78, 5) is 29.3. The zero-order valence-corrected chi connectivity index (χ0v) is 5.82. The predicted octanol–water partition coefficient (Wildman–Crippen LogP) is 1.17. The number of rotatable bonds is 4. The van der Waals surface area contributed by atoms with E-state index in [1.165, 1.54) is 0 Å². The first kappa shape index (κ1) is 9.11. The third-order valence-corrected chi connectivity index (χ3v) is 2.36. The van der Waals surface area contributed by atoms with Gasteiger partial charge in [0.25, 0.3) is 0 Å². The van der Waals surface area contributed by atoms with Crippen molar-refractivity contribution < 1.29 is 5.11 Å². The molecule has 10 heavy (non-hydrogen) atoms. The lowest BCUT2D eigenvalue weighted by Gasteiger charge is -2.15. The van der Waals surface area contributed by atoms with Gasteiger partial charge in [-0.05, 0) is 6.92 Å². The first-order valence-corrected chi connectivity index (χ1v) is 3.73. The molecule has 1 N–H and O–H groups in total. The SMILES string of the molecule is CC(O)S(N=O)(N=O)N=O. The van der Waals surface area contributed by atoms with Gasteiger partial charge in [0.2, 0.25) is 0 Å². The summed E-state index contributed by atoms with van der Waals surface area (Å²) in [5, 5.41) is 8.62. The molecule has 7 nitrogen and oxygen atoms in total. The van der Waals surface area contributed by atoms with Crippen LogP contribution in [-0.4, -0.2) is 10.5 Å². The minimum Gasteiger partial charge on any atom is -0.379 e. The Morgan fingerprint density at radius 3 is 1.50 bits per heavy atom. The monoisotopic (exact) mass is 167 g/mol. The van der Waals surface area contributed by atoms with Crippen molar-refractivity contribution >= 4 is 10.6 Å². The van der Waals surface area contributed by atoms with Crippen molar-refractivity contribution in [3.05, 3.63) is 14.7 Å². The highest BCUT2D eigenvalue weighted by molar-refractivity contribution is 8.30. The second kappa shape index (κ2) is 3.32. The minimum atomic E-state index is -3.46. The number of aliphatic hydroxyl groups is 1. The summed E-state index contributed by atoms with van der Waals surface area (Å²) in [5.74, 6) is 0. The maximum atomic E-state index is 9.77. The van der Waals surface area contributed by atoms with Gasteiger partial charge in [-0.3, -0.25) is 0 Å². The van der Waals surface area contributed by atoms with Crippen molar-refractivity contribution in [3.63, 3.8) is 0 Å². The number of nitroso groups, excluding NO2 is 3. The molecule has 1 unspecified atom stereocenters. The lowest BCUT2D eigenvalue weighted by Crippen LogP contribution is -2.05. The van der Waals surface area contributed by atoms with Crippen molar-refractivity contribution in [3.8, 4) is 0 Å². The Morgan fingerprint density at radius 1 is 1.20 bits per heavy atom. The Labute approximate surface area is 57.4 Å². The van der Waals surface area contributed by atoms with Crippen LogP contribution in [-0.2, 0) is 0 Å². The summed E-state index contributed by atoms with van der Waals surface area (Å²) in [5.41, 5.74) is -1.51. The summed E-state index contributed by atoms with van der Waals surface area (Å²) in [6.07, 6.45) is 0. The van der Waals surface area contributed by atoms with E-state index in [0.717, 1.165) is 6.92 Å². The number of hydrogen-bond acceptors (Lipinski definition) is 7. The highest BCUT2D eigenvalue weighted by atomic mass is 32.3. The molecular formula is C2H5N3O4S. The highest BCUT2D eigenvalue weighted by Gasteiger charge is 2.34. The molecule has 0 amide bonds. The quantitative estimate of drug-likeness (QED) is 0.633. The Hall–Kier alpha value is -0.890. The third-order valence-electron chi connectivity index (χ3n) is 0.787. The van der Waals surface area contributed by atoms with Gasteiger partial charge in [0.15, 0.2) is 10.6 Å². The van der Waals surface area contributed by atoms with Crippen LogP contribution in [0.4, 0.5) is 0 Å². The molecule has 0 saturated carbocycles. The van der Waals surface area contributed by atoms with Gasteiger partial charge in [-0.2, -0.15) is 0 Å². The fourth-order valence-corrected chi connectivity index (χ4v) is 0.683. The molecule has 0 saturated heterocycles. The van der Waals surface area contributed by atoms with Crippen LogP contribution in [0.5, 0.6) is 0 Å². The van der Waals surface area contributed by atoms with Gasteiger partial charge in [-0.25, -0.2) is 0 Å². The molecule has 0 aliphatic heterocycles. The standard InChI is InChI=1S/C2H5N3O4S/c1-2(6)10(3-7,4-8)5-9/h2,6H,1H3. The molecule has 0 radical (unpaired) electrons. The second-order valence-electron chi connectivity index (χ2n) is 1.38. The van der Waals surface area contributed by atoms with Crippen molar-refractivity contribution in [2.75, 3.05) is 0 Å². The average Bonchev–Trinajstić information content (AvgIpc) is 1.92. The molecular weight excluding hydrogens is 162 g/mol. The molecule has 0 aromatic heterocycles. The second-order valence-corrected chi connectivity index (χ2v) is 3.64. The van der Waals surface area contributed by atoms with Gasteiger partial charge < -0.3 is 5.11 Å². The van der Waals surface area contributed by atoms with Crippen LogP contribution in [0.15, 0.2) is 13.7 Å². The zero-order chi connectivity index (χ0) is 8.20. The Kier molecular flexibility index (Phi) is 3.03. The van der Waals surface area contributed by atoms with E-state index in [4.69, 9.17) is 5.11 Å². The Bertz CT molecular complexity index is 137. The van der Waals surface area contributed by atoms with Crippen LogP contribution in [0.25, 0.3) is 0 Å². The fourth-order valence-electron chi connectivity index (χ4n) is 0.228. The highest BCUT2D eigenvalue weighted by Crippen LogP contribution is 2.55. The summed E-state index contributed by atoms with van der Waals surface area (Å²) in [6.45, 7) is 1.06. The molecule has 0 heterocycles. The molecule has 0 bridgehead atoms. The van der Waals surface area contributed by atoms with Crippen molar-refractivity contribution in [1.82, 2.24) is 0 Å². The van der Waals surface area contributed by atoms with Crippen molar-refractivity contribution in [2.45, 2.75) is 12.4 Å². The number of aliphatic hydroxyl groups excluding tert-OH is 1. The lowest BCUT2D eigenvalue weighted by molar-refractivity contribution is 0.278. The summed E-state index contributed by atoms with van der Waals surface area (Å²) < 4.78 is 6.24. The first-order valence-electron chi connectivity index (χ1n) is 2.17. The molecule has 0 spiro atoms. The molecule has 58 valence electrons. The van der Waals surface area contributed by atoms with E-state index in [1.54, 1.807) is 0 Å². The van der Waals surface area contributed by atoms with Crippen LogP contribution in [0, 0.1) is 14.7 Å². The van der Waals surface area contributed by atoms with Gasteiger partial charge >= 0.3 is 0 Å². The number of nitrogens with zero attached hydrogens (tertiary/aromatic N) is 3. The van der Waals surface area contributed by atoms with Crippen molar-refractivity contribution in [1.29, 1.82) is 0 Å². The molecule has 1 atom stereocenters. The molecule has 0 fully saturated rings. The van der Waals surface area contributed by atoms with Crippen LogP contribution < -0.4 is 0 Å². The summed E-state index contributed by atoms with van der Waals surface area (Å²) >= 11 is 0. The zero-order valence-electron chi connectivity index (χ0n) is 5.00. The van der Waals surface area contributed by atoms with Crippen molar-refractivity contribution in [2.24, 2.45) is 13.7 Å². The summed E-state index contributed by atoms with van der Waals surface area (Å²) in [7, 11) is -3.46. The van der Waals surface area contributed by atoms with Gasteiger partial charge in [-0.15, -0.1) is 14.7 Å². The normalized spacial score (nSPS) is 15.4. The molecule has 0 aliphatic rings. The van der Waals surface area contributed by atoms with Crippen LogP contribution in [0.1, 0.15) is 6.92 Å². The van der Waals surface area contributed by atoms with E-state index in [1.807, 2.05) is 0 Å². The molecule has 0 aromatic carbocycles. The van der Waals surface area contributed by atoms with Crippen LogP contribution in [0.2, 0.25) is 0 Å². The minimum absolute atomic E-state index is 1.06. The lowest BCUT2D eigenvalue weighted by atomic mass is 10.9. The van der Waals surface area contributed by atoms with Gasteiger partial charge in [0.1, 0.15) is 5.44 Å². The first-order chi connectivity index (χ1) is 4.63. The van der Waals surface area contributed by atoms with Crippen LogP contribution in [0.3, 0.4) is 0 Å². The fraction of sp³-hybridized carbons (Fsp3) is 1.00. The summed E-state index contributed by atoms with van der Waals surface area (Å²) in [6, 6.07) is 0. The van der Waals surface area contributed by atoms with E-state index < -0.39 is 16.0 Å². The average molecular weight is 167 g/mol. The predicted molar refractivity (Wildman–Crippen MR) is 36.7 cm³/mol. The van der Waals surface area contributed by atoms with Gasteiger partial charge in [0.05, 0.1) is 0 Å². The van der Waals surface area contributed by atoms with E-state index in [-0.39, 0.29) is 0 Å². The molecule has 0 aromatic rings. The van der Waals surface area contributed by atoms with E-state index in [2.05, 4.69) is 13.7 Å². The maximum absolute atomic E-state index is 9.77. The topological polar surface area (TPSA) is 109 Å². The van der Waals surface area contributed by atoms with Crippen LogP contribution >= 0.6 is 10.6 Å². The third kappa shape index (κ3) is 1.33. The van der Waals surface area contributed by atoms with Gasteiger partial charge in [-0.1, -0.05) is 0 Å². The smallest absolute Gasteiger partial charge is 0.195 e. The number of hydrogen-bond donors (Lipinski definition) is 1. The maximum Gasteiger partial charge on any atom is 0.195 e. The largest absolute Gasteiger partial charge is 0.379 e. The Morgan fingerprint density at radius 2 is 1.50 bits per heavy atom.